The SMILES string of the molecule is COc1ccc2c(c1OC(C)=O)-c1cc(OC(C)=O)cc3c1C(C2)N(C(=O)CN(CCCl)CCCl)CC3.Cl. The number of rotatable bonds is 9. The third kappa shape index (κ3) is 6.20. The predicted octanol–water partition coefficient (Wildman–Crippen LogP) is 4.40. The van der Waals surface area contributed by atoms with Gasteiger partial charge in [0.15, 0.2) is 11.5 Å². The molecule has 11 heteroatoms. The first kappa shape index (κ1) is 30.0. The number of hydrogen-bond acceptors (Lipinski definition) is 7. The average Bonchev–Trinajstić information content (AvgIpc) is 2.83. The number of nitrogens with zero attached hydrogens (tertiary/aromatic N) is 2. The highest BCUT2D eigenvalue weighted by molar-refractivity contribution is 6.18. The largest absolute Gasteiger partial charge is 0.493 e. The summed E-state index contributed by atoms with van der Waals surface area (Å²) in [5.41, 5.74) is 4.31. The monoisotopic (exact) mass is 584 g/mol. The summed E-state index contributed by atoms with van der Waals surface area (Å²) in [4.78, 5) is 41.2. The van der Waals surface area contributed by atoms with Crippen molar-refractivity contribution >= 4 is 53.5 Å². The molecular formula is C27H31Cl3N2O6. The molecule has 1 heterocycles. The van der Waals surface area contributed by atoms with E-state index >= 15 is 0 Å². The van der Waals surface area contributed by atoms with E-state index in [2.05, 4.69) is 0 Å². The van der Waals surface area contributed by atoms with Gasteiger partial charge in [-0.3, -0.25) is 19.3 Å². The van der Waals surface area contributed by atoms with E-state index in [1.165, 1.54) is 21.0 Å². The quantitative estimate of drug-likeness (QED) is 0.245. The van der Waals surface area contributed by atoms with Gasteiger partial charge in [-0.05, 0) is 53.3 Å². The standard InChI is InChI=1S/C27H30Cl2N2O6.ClH/c1-16(32)36-20-12-19-6-9-31(24(34)15-30(10-7-28)11-8-29)22-13-18-4-5-23(35-3)27(37-17(2)33)26(18)21(14-20)25(19)22;/h4-5,12,14,22H,6-11,13,15H2,1-3H3;1H. The van der Waals surface area contributed by atoms with Gasteiger partial charge in [0, 0.05) is 50.8 Å². The molecule has 1 amide bonds. The molecule has 38 heavy (non-hydrogen) atoms. The summed E-state index contributed by atoms with van der Waals surface area (Å²) in [6.07, 6.45) is 1.13. The van der Waals surface area contributed by atoms with Crippen LogP contribution >= 0.6 is 35.6 Å². The van der Waals surface area contributed by atoms with Crippen molar-refractivity contribution in [2.45, 2.75) is 32.7 Å². The molecule has 0 bridgehead atoms. The smallest absolute Gasteiger partial charge is 0.308 e. The molecule has 2 aromatic rings. The Hall–Kier alpha value is -2.52. The van der Waals surface area contributed by atoms with Crippen LogP contribution in [0.5, 0.6) is 17.2 Å². The van der Waals surface area contributed by atoms with Crippen molar-refractivity contribution in [3.63, 3.8) is 0 Å². The Bertz CT molecular complexity index is 1220. The van der Waals surface area contributed by atoms with E-state index < -0.39 is 11.9 Å². The second kappa shape index (κ2) is 13.0. The van der Waals surface area contributed by atoms with Crippen LogP contribution < -0.4 is 14.2 Å². The fourth-order valence-corrected chi connectivity index (χ4v) is 5.73. The first-order valence-corrected chi connectivity index (χ1v) is 13.2. The minimum Gasteiger partial charge on any atom is -0.493 e. The summed E-state index contributed by atoms with van der Waals surface area (Å²) in [6, 6.07) is 7.10. The number of carbonyl (C=O) groups is 3. The normalized spacial score (nSPS) is 15.2. The molecule has 1 aliphatic heterocycles. The van der Waals surface area contributed by atoms with E-state index in [-0.39, 0.29) is 30.9 Å². The van der Waals surface area contributed by atoms with Gasteiger partial charge in [0.25, 0.3) is 0 Å². The average molecular weight is 586 g/mol. The van der Waals surface area contributed by atoms with Gasteiger partial charge in [-0.2, -0.15) is 0 Å². The van der Waals surface area contributed by atoms with E-state index in [1.807, 2.05) is 21.9 Å². The van der Waals surface area contributed by atoms with Crippen LogP contribution in [0, 0.1) is 0 Å². The number of esters is 2. The van der Waals surface area contributed by atoms with Gasteiger partial charge < -0.3 is 19.1 Å². The van der Waals surface area contributed by atoms with Crippen molar-refractivity contribution in [3.8, 4) is 28.4 Å². The number of hydrogen-bond donors (Lipinski definition) is 0. The number of methoxy groups -OCH3 is 1. The summed E-state index contributed by atoms with van der Waals surface area (Å²) >= 11 is 11.9. The Kier molecular flexibility index (Phi) is 10.3. The third-order valence-corrected chi connectivity index (χ3v) is 7.01. The molecule has 206 valence electrons. The summed E-state index contributed by atoms with van der Waals surface area (Å²) < 4.78 is 16.6. The number of alkyl halides is 2. The summed E-state index contributed by atoms with van der Waals surface area (Å²) in [5, 5.41) is 0. The van der Waals surface area contributed by atoms with Gasteiger partial charge in [-0.1, -0.05) is 6.07 Å². The lowest BCUT2D eigenvalue weighted by molar-refractivity contribution is -0.135. The molecule has 8 nitrogen and oxygen atoms in total. The number of amides is 1. The molecule has 1 unspecified atom stereocenters. The van der Waals surface area contributed by atoms with E-state index in [1.54, 1.807) is 12.1 Å². The maximum absolute atomic E-state index is 13.5. The van der Waals surface area contributed by atoms with Crippen molar-refractivity contribution in [3.05, 3.63) is 41.0 Å². The van der Waals surface area contributed by atoms with Gasteiger partial charge in [-0.15, -0.1) is 35.6 Å². The molecule has 0 radical (unpaired) electrons. The number of carbonyl (C=O) groups excluding carboxylic acids is 3. The first-order chi connectivity index (χ1) is 17.8. The number of halogens is 3. The van der Waals surface area contributed by atoms with E-state index in [0.717, 1.165) is 22.3 Å². The van der Waals surface area contributed by atoms with Crippen LogP contribution in [-0.4, -0.2) is 72.7 Å². The van der Waals surface area contributed by atoms with Crippen LogP contribution in [0.3, 0.4) is 0 Å². The molecule has 1 aliphatic carbocycles. The fraction of sp³-hybridized carbons (Fsp3) is 0.444. The number of ether oxygens (including phenoxy) is 3. The van der Waals surface area contributed by atoms with Crippen LogP contribution in [0.4, 0.5) is 0 Å². The molecule has 0 fully saturated rings. The second-order valence-electron chi connectivity index (χ2n) is 9.07. The van der Waals surface area contributed by atoms with Crippen molar-refractivity contribution in [1.29, 1.82) is 0 Å². The molecule has 0 saturated carbocycles. The van der Waals surface area contributed by atoms with Crippen molar-refractivity contribution in [2.75, 3.05) is 45.0 Å². The van der Waals surface area contributed by atoms with Gasteiger partial charge in [0.05, 0.1) is 19.7 Å². The Labute approximate surface area is 238 Å². The number of fused-ring (bicyclic) bond motifs is 2. The third-order valence-electron chi connectivity index (χ3n) is 6.67. The minimum absolute atomic E-state index is 0. The lowest BCUT2D eigenvalue weighted by Crippen LogP contribution is -2.47. The minimum atomic E-state index is -0.477. The molecular weight excluding hydrogens is 555 g/mol. The zero-order valence-electron chi connectivity index (χ0n) is 21.6. The van der Waals surface area contributed by atoms with Crippen molar-refractivity contribution in [2.24, 2.45) is 0 Å². The Balaban J connectivity index is 0.00000400. The Morgan fingerprint density at radius 1 is 1.03 bits per heavy atom. The Morgan fingerprint density at radius 2 is 1.71 bits per heavy atom. The van der Waals surface area contributed by atoms with Gasteiger partial charge in [-0.25, -0.2) is 0 Å². The molecule has 0 saturated heterocycles. The molecule has 0 aromatic heterocycles. The van der Waals surface area contributed by atoms with E-state index in [9.17, 15) is 14.4 Å². The fourth-order valence-electron chi connectivity index (χ4n) is 5.25. The predicted molar refractivity (Wildman–Crippen MR) is 148 cm³/mol. The van der Waals surface area contributed by atoms with Crippen molar-refractivity contribution in [1.82, 2.24) is 9.80 Å². The van der Waals surface area contributed by atoms with Crippen LogP contribution in [-0.2, 0) is 27.2 Å². The van der Waals surface area contributed by atoms with Crippen molar-refractivity contribution < 1.29 is 28.6 Å². The molecule has 2 aliphatic rings. The molecule has 2 aromatic carbocycles. The zero-order chi connectivity index (χ0) is 26.7. The molecule has 0 N–H and O–H groups in total. The van der Waals surface area contributed by atoms with Crippen LogP contribution in [0.2, 0.25) is 0 Å². The molecule has 0 spiro atoms. The summed E-state index contributed by atoms with van der Waals surface area (Å²) in [5.74, 6) is 1.04. The molecule has 1 atom stereocenters. The van der Waals surface area contributed by atoms with E-state index in [0.29, 0.717) is 67.0 Å². The maximum atomic E-state index is 13.5. The Morgan fingerprint density at radius 3 is 2.32 bits per heavy atom. The summed E-state index contributed by atoms with van der Waals surface area (Å²) in [7, 11) is 1.51. The molecule has 4 rings (SSSR count). The lowest BCUT2D eigenvalue weighted by atomic mass is 9.76. The number of benzene rings is 2. The highest BCUT2D eigenvalue weighted by Gasteiger charge is 2.39. The maximum Gasteiger partial charge on any atom is 0.308 e. The van der Waals surface area contributed by atoms with Crippen LogP contribution in [0.1, 0.15) is 36.6 Å². The first-order valence-electron chi connectivity index (χ1n) is 12.1. The topological polar surface area (TPSA) is 85.4 Å². The summed E-state index contributed by atoms with van der Waals surface area (Å²) in [6.45, 7) is 4.57. The second-order valence-corrected chi connectivity index (χ2v) is 9.83. The lowest BCUT2D eigenvalue weighted by Gasteiger charge is -2.42. The van der Waals surface area contributed by atoms with Crippen LogP contribution in [0.25, 0.3) is 11.1 Å². The zero-order valence-corrected chi connectivity index (χ0v) is 23.9. The highest BCUT2D eigenvalue weighted by Crippen LogP contribution is 2.52. The van der Waals surface area contributed by atoms with Crippen LogP contribution in [0.15, 0.2) is 24.3 Å². The van der Waals surface area contributed by atoms with Gasteiger partial charge >= 0.3 is 11.9 Å². The highest BCUT2D eigenvalue weighted by atomic mass is 35.5. The van der Waals surface area contributed by atoms with Gasteiger partial charge in [0.1, 0.15) is 5.75 Å². The van der Waals surface area contributed by atoms with Gasteiger partial charge in [0.2, 0.25) is 5.91 Å². The van der Waals surface area contributed by atoms with E-state index in [4.69, 9.17) is 37.4 Å².